The molecule has 0 fully saturated rings. The fourth-order valence-electron chi connectivity index (χ4n) is 4.87. The molecule has 0 saturated heterocycles. The number of nitrogens with one attached hydrogen (secondary N) is 1. The topological polar surface area (TPSA) is 73.9 Å². The van der Waals surface area contributed by atoms with Gasteiger partial charge in [0.05, 0.1) is 0 Å². The van der Waals surface area contributed by atoms with Gasteiger partial charge in [-0.05, 0) is 99.9 Å². The molecular weight excluding hydrogens is 478 g/mol. The van der Waals surface area contributed by atoms with Crippen LogP contribution in [-0.4, -0.2) is 24.1 Å². The molecule has 0 saturated carbocycles. The molecule has 1 amide bonds. The summed E-state index contributed by atoms with van der Waals surface area (Å²) in [5, 5.41) is 2.96. The molecule has 4 rings (SSSR count). The zero-order valence-corrected chi connectivity index (χ0v) is 23.0. The minimum absolute atomic E-state index is 0.00852. The molecule has 0 bridgehead atoms. The predicted molar refractivity (Wildman–Crippen MR) is 149 cm³/mol. The molecule has 0 aliphatic carbocycles. The molecule has 200 valence electrons. The van der Waals surface area contributed by atoms with Gasteiger partial charge in [0.1, 0.15) is 29.5 Å². The number of rotatable bonds is 9. The summed E-state index contributed by atoms with van der Waals surface area (Å²) in [6, 6.07) is 17.6. The third kappa shape index (κ3) is 6.55. The molecule has 0 aromatic heterocycles. The first kappa shape index (κ1) is 27.2. The van der Waals surface area contributed by atoms with Crippen molar-refractivity contribution < 1.29 is 23.8 Å². The van der Waals surface area contributed by atoms with E-state index in [1.165, 1.54) is 12.5 Å². The third-order valence-corrected chi connectivity index (χ3v) is 7.20. The van der Waals surface area contributed by atoms with Crippen LogP contribution in [0.25, 0.3) is 0 Å². The highest BCUT2D eigenvalue weighted by Gasteiger charge is 2.35. The maximum absolute atomic E-state index is 12.3. The molecule has 3 aromatic rings. The maximum Gasteiger partial charge on any atom is 0.308 e. The lowest BCUT2D eigenvalue weighted by molar-refractivity contribution is -0.132. The van der Waals surface area contributed by atoms with Gasteiger partial charge in [0.25, 0.3) is 0 Å². The van der Waals surface area contributed by atoms with E-state index in [1.807, 2.05) is 63.2 Å². The van der Waals surface area contributed by atoms with Crippen LogP contribution < -0.4 is 19.5 Å². The Bertz CT molecular complexity index is 1300. The summed E-state index contributed by atoms with van der Waals surface area (Å²) in [7, 11) is 0. The standard InChI is InChI=1S/C32H37NO5/c1-21-22(2)31-28(23(3)30(21)37-24(4)34)18-19-32(5,38-31)20-36-27-16-14-26(15-17-27)33-29(35)13-9-12-25-10-7-6-8-11-25/h6-8,10-11,14-17H,9,12-13,18-20H2,1-5H3,(H,33,35). The summed E-state index contributed by atoms with van der Waals surface area (Å²) in [6.45, 7) is 9.81. The highest BCUT2D eigenvalue weighted by atomic mass is 16.5. The summed E-state index contributed by atoms with van der Waals surface area (Å²) in [5.74, 6) is 1.91. The van der Waals surface area contributed by atoms with Crippen molar-refractivity contribution in [3.05, 3.63) is 82.4 Å². The molecule has 3 aromatic carbocycles. The minimum atomic E-state index is -0.495. The Morgan fingerprint density at radius 3 is 2.37 bits per heavy atom. The van der Waals surface area contributed by atoms with Crippen molar-refractivity contribution in [2.24, 2.45) is 0 Å². The highest BCUT2D eigenvalue weighted by Crippen LogP contribution is 2.44. The lowest BCUT2D eigenvalue weighted by Crippen LogP contribution is -2.42. The van der Waals surface area contributed by atoms with Crippen molar-refractivity contribution in [1.29, 1.82) is 0 Å². The molecule has 1 N–H and O–H groups in total. The second kappa shape index (κ2) is 11.7. The maximum atomic E-state index is 12.3. The van der Waals surface area contributed by atoms with E-state index in [2.05, 4.69) is 24.4 Å². The Balaban J connectivity index is 1.31. The first-order valence-corrected chi connectivity index (χ1v) is 13.2. The lowest BCUT2D eigenvalue weighted by atomic mass is 9.87. The molecule has 1 heterocycles. The molecular formula is C32H37NO5. The second-order valence-corrected chi connectivity index (χ2v) is 10.4. The van der Waals surface area contributed by atoms with E-state index in [1.54, 1.807) is 0 Å². The van der Waals surface area contributed by atoms with Crippen molar-refractivity contribution in [3.8, 4) is 17.2 Å². The Morgan fingerprint density at radius 2 is 1.68 bits per heavy atom. The number of esters is 1. The van der Waals surface area contributed by atoms with E-state index in [-0.39, 0.29) is 11.9 Å². The quantitative estimate of drug-likeness (QED) is 0.255. The van der Waals surface area contributed by atoms with E-state index in [0.29, 0.717) is 18.8 Å². The zero-order valence-electron chi connectivity index (χ0n) is 23.0. The van der Waals surface area contributed by atoms with Gasteiger partial charge >= 0.3 is 5.97 Å². The second-order valence-electron chi connectivity index (χ2n) is 10.4. The van der Waals surface area contributed by atoms with Gasteiger partial charge in [-0.25, -0.2) is 0 Å². The Kier molecular flexibility index (Phi) is 8.40. The van der Waals surface area contributed by atoms with Gasteiger partial charge in [-0.15, -0.1) is 0 Å². The van der Waals surface area contributed by atoms with Crippen LogP contribution >= 0.6 is 0 Å². The summed E-state index contributed by atoms with van der Waals surface area (Å²) in [6.07, 6.45) is 3.76. The molecule has 6 heteroatoms. The number of aryl methyl sites for hydroxylation is 1. The van der Waals surface area contributed by atoms with Crippen molar-refractivity contribution in [2.75, 3.05) is 11.9 Å². The average molecular weight is 516 g/mol. The first-order chi connectivity index (χ1) is 18.1. The van der Waals surface area contributed by atoms with Crippen LogP contribution in [0.1, 0.15) is 60.9 Å². The number of hydrogen-bond donors (Lipinski definition) is 1. The summed E-state index contributed by atoms with van der Waals surface area (Å²) in [4.78, 5) is 23.9. The van der Waals surface area contributed by atoms with Gasteiger partial charge in [-0.3, -0.25) is 9.59 Å². The number of carbonyl (C=O) groups excluding carboxylic acids is 2. The van der Waals surface area contributed by atoms with Gasteiger partial charge in [0.15, 0.2) is 0 Å². The van der Waals surface area contributed by atoms with E-state index in [4.69, 9.17) is 14.2 Å². The van der Waals surface area contributed by atoms with Crippen LogP contribution in [0.3, 0.4) is 0 Å². The van der Waals surface area contributed by atoms with Gasteiger partial charge in [-0.2, -0.15) is 0 Å². The molecule has 1 unspecified atom stereocenters. The number of ether oxygens (including phenoxy) is 3. The molecule has 1 atom stereocenters. The number of anilines is 1. The van der Waals surface area contributed by atoms with Crippen molar-refractivity contribution >= 4 is 17.6 Å². The SMILES string of the molecule is CC(=O)Oc1c(C)c(C)c2c(c1C)CCC(C)(COc1ccc(NC(=O)CCCc3ccccc3)cc1)O2. The molecule has 0 spiro atoms. The Labute approximate surface area is 225 Å². The summed E-state index contributed by atoms with van der Waals surface area (Å²) in [5.41, 5.74) is 5.45. The third-order valence-electron chi connectivity index (χ3n) is 7.20. The molecule has 1 aliphatic heterocycles. The number of amides is 1. The van der Waals surface area contributed by atoms with E-state index < -0.39 is 5.60 Å². The number of carbonyl (C=O) groups is 2. The van der Waals surface area contributed by atoms with Gasteiger partial charge in [0.2, 0.25) is 5.91 Å². The summed E-state index contributed by atoms with van der Waals surface area (Å²) < 4.78 is 18.1. The number of benzene rings is 3. The normalized spacial score (nSPS) is 16.2. The van der Waals surface area contributed by atoms with Crippen molar-refractivity contribution in [3.63, 3.8) is 0 Å². The largest absolute Gasteiger partial charge is 0.489 e. The summed E-state index contributed by atoms with van der Waals surface area (Å²) >= 11 is 0. The van der Waals surface area contributed by atoms with Crippen molar-refractivity contribution in [2.45, 2.75) is 72.3 Å². The van der Waals surface area contributed by atoms with Crippen LogP contribution in [0.2, 0.25) is 0 Å². The number of fused-ring (bicyclic) bond motifs is 1. The lowest BCUT2D eigenvalue weighted by Gasteiger charge is -2.37. The van der Waals surface area contributed by atoms with E-state index >= 15 is 0 Å². The molecule has 38 heavy (non-hydrogen) atoms. The average Bonchev–Trinajstić information content (AvgIpc) is 2.90. The Morgan fingerprint density at radius 1 is 0.974 bits per heavy atom. The monoisotopic (exact) mass is 515 g/mol. The van der Waals surface area contributed by atoms with Crippen LogP contribution in [0, 0.1) is 20.8 Å². The van der Waals surface area contributed by atoms with Crippen LogP contribution in [-0.2, 0) is 22.4 Å². The first-order valence-electron chi connectivity index (χ1n) is 13.2. The van der Waals surface area contributed by atoms with E-state index in [9.17, 15) is 9.59 Å². The predicted octanol–water partition coefficient (Wildman–Crippen LogP) is 6.66. The fraction of sp³-hybridized carbons (Fsp3) is 0.375. The molecule has 6 nitrogen and oxygen atoms in total. The van der Waals surface area contributed by atoms with E-state index in [0.717, 1.165) is 65.1 Å². The zero-order chi connectivity index (χ0) is 27.3. The molecule has 0 radical (unpaired) electrons. The molecule has 1 aliphatic rings. The van der Waals surface area contributed by atoms with Gasteiger partial charge < -0.3 is 19.5 Å². The van der Waals surface area contributed by atoms with Crippen LogP contribution in [0.5, 0.6) is 17.2 Å². The van der Waals surface area contributed by atoms with Crippen LogP contribution in [0.4, 0.5) is 5.69 Å². The smallest absolute Gasteiger partial charge is 0.308 e. The van der Waals surface area contributed by atoms with Gasteiger partial charge in [0, 0.05) is 24.6 Å². The fourth-order valence-corrected chi connectivity index (χ4v) is 4.87. The highest BCUT2D eigenvalue weighted by molar-refractivity contribution is 5.90. The minimum Gasteiger partial charge on any atom is -0.489 e. The van der Waals surface area contributed by atoms with Crippen molar-refractivity contribution in [1.82, 2.24) is 0 Å². The Hall–Kier alpha value is -3.80. The van der Waals surface area contributed by atoms with Gasteiger partial charge in [-0.1, -0.05) is 30.3 Å². The number of hydrogen-bond acceptors (Lipinski definition) is 5. The van der Waals surface area contributed by atoms with Crippen LogP contribution in [0.15, 0.2) is 54.6 Å².